The Morgan fingerprint density at radius 1 is 1.23 bits per heavy atom. The summed E-state index contributed by atoms with van der Waals surface area (Å²) in [4.78, 5) is 18.5. The van der Waals surface area contributed by atoms with Gasteiger partial charge in [0, 0.05) is 18.1 Å². The second kappa shape index (κ2) is 6.48. The van der Waals surface area contributed by atoms with Gasteiger partial charge in [-0.3, -0.25) is 4.79 Å². The maximum atomic E-state index is 12.5. The Labute approximate surface area is 134 Å². The third kappa shape index (κ3) is 3.14. The molecule has 0 spiro atoms. The van der Waals surface area contributed by atoms with Gasteiger partial charge in [-0.05, 0) is 37.1 Å². The zero-order valence-corrected chi connectivity index (χ0v) is 13.3. The molecule has 1 heterocycles. The highest BCUT2D eigenvalue weighted by Gasteiger charge is 2.25. The molecule has 2 aromatic rings. The highest BCUT2D eigenvalue weighted by Crippen LogP contribution is 2.22. The molecule has 22 heavy (non-hydrogen) atoms. The predicted molar refractivity (Wildman–Crippen MR) is 85.3 cm³/mol. The van der Waals surface area contributed by atoms with Crippen molar-refractivity contribution in [1.82, 2.24) is 19.7 Å². The molecule has 1 aromatic carbocycles. The van der Waals surface area contributed by atoms with Crippen LogP contribution in [0.15, 0.2) is 30.6 Å². The maximum absolute atomic E-state index is 12.5. The van der Waals surface area contributed by atoms with Crippen molar-refractivity contribution < 1.29 is 4.79 Å². The molecule has 3 rings (SSSR count). The van der Waals surface area contributed by atoms with Gasteiger partial charge in [-0.25, -0.2) is 9.67 Å². The molecule has 6 heteroatoms. The summed E-state index contributed by atoms with van der Waals surface area (Å²) in [5.74, 6) is 0.127. The molecule has 0 atom stereocenters. The van der Waals surface area contributed by atoms with Crippen molar-refractivity contribution in [2.45, 2.75) is 38.1 Å². The maximum Gasteiger partial charge on any atom is 0.293 e. The van der Waals surface area contributed by atoms with Gasteiger partial charge in [0.15, 0.2) is 0 Å². The van der Waals surface area contributed by atoms with E-state index in [0.29, 0.717) is 11.1 Å². The highest BCUT2D eigenvalue weighted by molar-refractivity contribution is 6.30. The molecular weight excluding hydrogens is 300 g/mol. The third-order valence-electron chi connectivity index (χ3n) is 4.22. The molecule has 1 aliphatic carbocycles. The fourth-order valence-electron chi connectivity index (χ4n) is 2.87. The minimum Gasteiger partial charge on any atom is -0.336 e. The van der Waals surface area contributed by atoms with Gasteiger partial charge in [0.2, 0.25) is 5.82 Å². The van der Waals surface area contributed by atoms with Gasteiger partial charge in [-0.1, -0.05) is 30.9 Å². The van der Waals surface area contributed by atoms with E-state index in [2.05, 4.69) is 10.1 Å². The standard InChI is InChI=1S/C16H19ClN4O/c1-20(13-5-3-2-4-6-13)16(22)15-18-11-21(19-15)14-9-7-12(17)8-10-14/h7-11,13H,2-6H2,1H3. The van der Waals surface area contributed by atoms with E-state index in [1.54, 1.807) is 28.0 Å². The molecule has 0 bridgehead atoms. The summed E-state index contributed by atoms with van der Waals surface area (Å²) in [5, 5.41) is 4.96. The number of carbonyl (C=O) groups is 1. The molecule has 0 radical (unpaired) electrons. The van der Waals surface area contributed by atoms with Crippen LogP contribution >= 0.6 is 11.6 Å². The summed E-state index contributed by atoms with van der Waals surface area (Å²) in [6, 6.07) is 7.57. The van der Waals surface area contributed by atoms with Crippen molar-refractivity contribution >= 4 is 17.5 Å². The minimum atomic E-state index is -0.111. The number of hydrogen-bond acceptors (Lipinski definition) is 3. The van der Waals surface area contributed by atoms with E-state index in [-0.39, 0.29) is 11.7 Å². The van der Waals surface area contributed by atoms with Crippen molar-refractivity contribution in [1.29, 1.82) is 0 Å². The lowest BCUT2D eigenvalue weighted by Crippen LogP contribution is -2.38. The average Bonchev–Trinajstić information content (AvgIpc) is 3.05. The normalized spacial score (nSPS) is 15.7. The van der Waals surface area contributed by atoms with Crippen LogP contribution in [0.5, 0.6) is 0 Å². The SMILES string of the molecule is CN(C(=O)c1ncn(-c2ccc(Cl)cc2)n1)C1CCCCC1. The van der Waals surface area contributed by atoms with Crippen LogP contribution in [0, 0.1) is 0 Å². The van der Waals surface area contributed by atoms with E-state index in [1.165, 1.54) is 19.3 Å². The summed E-state index contributed by atoms with van der Waals surface area (Å²) in [7, 11) is 1.85. The first-order chi connectivity index (χ1) is 10.6. The topological polar surface area (TPSA) is 51.0 Å². The summed E-state index contributed by atoms with van der Waals surface area (Å²) in [5.41, 5.74) is 0.830. The number of carbonyl (C=O) groups excluding carboxylic acids is 1. The lowest BCUT2D eigenvalue weighted by atomic mass is 9.94. The summed E-state index contributed by atoms with van der Waals surface area (Å²) in [6.45, 7) is 0. The molecule has 116 valence electrons. The molecule has 1 fully saturated rings. The monoisotopic (exact) mass is 318 g/mol. The second-order valence-corrected chi connectivity index (χ2v) is 6.13. The van der Waals surface area contributed by atoms with Crippen molar-refractivity contribution in [3.63, 3.8) is 0 Å². The molecule has 1 saturated carbocycles. The molecule has 1 amide bonds. The predicted octanol–water partition coefficient (Wildman–Crippen LogP) is 3.33. The van der Waals surface area contributed by atoms with Gasteiger partial charge in [0.05, 0.1) is 5.69 Å². The van der Waals surface area contributed by atoms with Crippen molar-refractivity contribution in [2.75, 3.05) is 7.05 Å². The van der Waals surface area contributed by atoms with Gasteiger partial charge in [0.1, 0.15) is 6.33 Å². The minimum absolute atomic E-state index is 0.111. The molecule has 1 aliphatic rings. The van der Waals surface area contributed by atoms with Crippen LogP contribution in [0.1, 0.15) is 42.7 Å². The number of halogens is 1. The zero-order valence-electron chi connectivity index (χ0n) is 12.6. The van der Waals surface area contributed by atoms with E-state index in [4.69, 9.17) is 11.6 Å². The largest absolute Gasteiger partial charge is 0.336 e. The number of nitrogens with zero attached hydrogens (tertiary/aromatic N) is 4. The highest BCUT2D eigenvalue weighted by atomic mass is 35.5. The molecular formula is C16H19ClN4O. The Balaban J connectivity index is 1.75. The van der Waals surface area contributed by atoms with Crippen LogP contribution in [0.3, 0.4) is 0 Å². The van der Waals surface area contributed by atoms with Crippen molar-refractivity contribution in [3.05, 3.63) is 41.4 Å². The number of hydrogen-bond donors (Lipinski definition) is 0. The van der Waals surface area contributed by atoms with Crippen LogP contribution in [0.2, 0.25) is 5.02 Å². The summed E-state index contributed by atoms with van der Waals surface area (Å²) >= 11 is 5.88. The lowest BCUT2D eigenvalue weighted by Gasteiger charge is -2.30. The molecule has 0 saturated heterocycles. The first-order valence-corrected chi connectivity index (χ1v) is 7.98. The fraction of sp³-hybridized carbons (Fsp3) is 0.438. The molecule has 0 aliphatic heterocycles. The molecule has 5 nitrogen and oxygen atoms in total. The fourth-order valence-corrected chi connectivity index (χ4v) is 3.00. The Hall–Kier alpha value is -1.88. The van der Waals surface area contributed by atoms with Crippen LogP contribution < -0.4 is 0 Å². The molecule has 0 N–H and O–H groups in total. The van der Waals surface area contributed by atoms with Gasteiger partial charge in [0.25, 0.3) is 5.91 Å². The first kappa shape index (κ1) is 15.0. The summed E-state index contributed by atoms with van der Waals surface area (Å²) < 4.78 is 1.60. The quantitative estimate of drug-likeness (QED) is 0.872. The van der Waals surface area contributed by atoms with E-state index in [0.717, 1.165) is 18.5 Å². The van der Waals surface area contributed by atoms with Gasteiger partial charge >= 0.3 is 0 Å². The van der Waals surface area contributed by atoms with Crippen molar-refractivity contribution in [2.24, 2.45) is 0 Å². The molecule has 1 aromatic heterocycles. The lowest BCUT2D eigenvalue weighted by molar-refractivity contribution is 0.0684. The number of amides is 1. The van der Waals surface area contributed by atoms with Crippen LogP contribution in [-0.2, 0) is 0 Å². The number of benzene rings is 1. The third-order valence-corrected chi connectivity index (χ3v) is 4.47. The van der Waals surface area contributed by atoms with E-state index in [1.807, 2.05) is 19.2 Å². The summed E-state index contributed by atoms with van der Waals surface area (Å²) in [6.07, 6.45) is 7.34. The Morgan fingerprint density at radius 2 is 1.91 bits per heavy atom. The Kier molecular flexibility index (Phi) is 4.43. The smallest absolute Gasteiger partial charge is 0.293 e. The Bertz CT molecular complexity index is 646. The molecule has 0 unspecified atom stereocenters. The van der Waals surface area contributed by atoms with Gasteiger partial charge < -0.3 is 4.90 Å². The van der Waals surface area contributed by atoms with Crippen LogP contribution in [-0.4, -0.2) is 38.7 Å². The van der Waals surface area contributed by atoms with Gasteiger partial charge in [-0.15, -0.1) is 5.10 Å². The van der Waals surface area contributed by atoms with E-state index < -0.39 is 0 Å². The van der Waals surface area contributed by atoms with Crippen LogP contribution in [0.4, 0.5) is 0 Å². The van der Waals surface area contributed by atoms with E-state index in [9.17, 15) is 4.79 Å². The average molecular weight is 319 g/mol. The second-order valence-electron chi connectivity index (χ2n) is 5.70. The zero-order chi connectivity index (χ0) is 15.5. The number of rotatable bonds is 3. The van der Waals surface area contributed by atoms with Crippen LogP contribution in [0.25, 0.3) is 5.69 Å². The Morgan fingerprint density at radius 3 is 2.59 bits per heavy atom. The first-order valence-electron chi connectivity index (χ1n) is 7.60. The number of aromatic nitrogens is 3. The van der Waals surface area contributed by atoms with Crippen molar-refractivity contribution in [3.8, 4) is 5.69 Å². The van der Waals surface area contributed by atoms with E-state index >= 15 is 0 Å². The van der Waals surface area contributed by atoms with Gasteiger partial charge in [-0.2, -0.15) is 0 Å².